The van der Waals surface area contributed by atoms with E-state index < -0.39 is 0 Å². The molecule has 0 unspecified atom stereocenters. The van der Waals surface area contributed by atoms with E-state index in [0.29, 0.717) is 18.1 Å². The van der Waals surface area contributed by atoms with Gasteiger partial charge in [-0.05, 0) is 29.9 Å². The highest BCUT2D eigenvalue weighted by atomic mass is 16.4. The van der Waals surface area contributed by atoms with Gasteiger partial charge >= 0.3 is 0 Å². The average molecular weight is 331 g/mol. The second-order valence-corrected chi connectivity index (χ2v) is 8.42. The van der Waals surface area contributed by atoms with Crippen LogP contribution in [0.1, 0.15) is 64.1 Å². The lowest BCUT2D eigenvalue weighted by Gasteiger charge is -2.27. The van der Waals surface area contributed by atoms with Crippen LogP contribution in [-0.4, -0.2) is 21.8 Å². The number of hydrogen-bond donors (Lipinski definition) is 2. The number of aliphatic hydroxyl groups excluding tert-OH is 1. The molecule has 0 saturated carbocycles. The van der Waals surface area contributed by atoms with Crippen LogP contribution in [0.2, 0.25) is 0 Å². The summed E-state index contributed by atoms with van der Waals surface area (Å²) < 4.78 is 5.82. The van der Waals surface area contributed by atoms with Crippen molar-refractivity contribution >= 4 is 0 Å². The highest BCUT2D eigenvalue weighted by molar-refractivity contribution is 5.63. The summed E-state index contributed by atoms with van der Waals surface area (Å²) in [5.74, 6) is 1.60. The second kappa shape index (κ2) is 6.25. The largest absolute Gasteiger partial charge is 0.507 e. The van der Waals surface area contributed by atoms with Crippen molar-refractivity contribution in [1.82, 2.24) is 4.98 Å². The molecule has 1 aromatic heterocycles. The van der Waals surface area contributed by atoms with Gasteiger partial charge < -0.3 is 14.6 Å². The average Bonchev–Trinajstić information content (AvgIpc) is 2.78. The first-order valence-electron chi connectivity index (χ1n) is 8.40. The minimum absolute atomic E-state index is 0.0445. The number of aromatic nitrogens is 1. The fourth-order valence-electron chi connectivity index (χ4n) is 2.79. The molecule has 2 aromatic rings. The zero-order valence-electron chi connectivity index (χ0n) is 15.8. The first-order valence-corrected chi connectivity index (χ1v) is 8.40. The first kappa shape index (κ1) is 18.5. The van der Waals surface area contributed by atoms with Gasteiger partial charge in [0.1, 0.15) is 11.5 Å². The molecule has 1 heterocycles. The van der Waals surface area contributed by atoms with Crippen molar-refractivity contribution in [3.8, 4) is 17.2 Å². The standard InChI is InChI=1S/C20H29NO3/c1-12-16(8-9-22)21-18(24-12)13-10-14(19(2,3)4)17(23)15(11-13)20(5,6)7/h10-11,22-23H,8-9H2,1-7H3. The SMILES string of the molecule is Cc1oc(-c2cc(C(C)(C)C)c(O)c(C(C)(C)C)c2)nc1CCO. The Hall–Kier alpha value is -1.81. The van der Waals surface area contributed by atoms with Gasteiger partial charge in [-0.15, -0.1) is 0 Å². The van der Waals surface area contributed by atoms with Crippen molar-refractivity contribution in [3.63, 3.8) is 0 Å². The molecule has 4 heteroatoms. The number of aromatic hydroxyl groups is 1. The number of benzene rings is 1. The molecule has 0 aliphatic rings. The molecular weight excluding hydrogens is 302 g/mol. The third-order valence-electron chi connectivity index (χ3n) is 4.21. The van der Waals surface area contributed by atoms with E-state index in [0.717, 1.165) is 28.1 Å². The second-order valence-electron chi connectivity index (χ2n) is 8.42. The summed E-state index contributed by atoms with van der Waals surface area (Å²) in [6.07, 6.45) is 0.478. The Morgan fingerprint density at radius 1 is 1.00 bits per heavy atom. The Morgan fingerprint density at radius 3 is 1.92 bits per heavy atom. The molecule has 0 aliphatic carbocycles. The van der Waals surface area contributed by atoms with E-state index in [4.69, 9.17) is 9.52 Å². The number of nitrogens with zero attached hydrogens (tertiary/aromatic N) is 1. The van der Waals surface area contributed by atoms with Gasteiger partial charge in [0.15, 0.2) is 0 Å². The Labute approximate surface area is 144 Å². The molecule has 0 aliphatic heterocycles. The predicted molar refractivity (Wildman–Crippen MR) is 96.5 cm³/mol. The first-order chi connectivity index (χ1) is 10.9. The number of aryl methyl sites for hydroxylation is 1. The van der Waals surface area contributed by atoms with Crippen molar-refractivity contribution in [2.45, 2.75) is 65.7 Å². The lowest BCUT2D eigenvalue weighted by molar-refractivity contribution is 0.297. The van der Waals surface area contributed by atoms with Crippen molar-refractivity contribution in [2.75, 3.05) is 6.61 Å². The van der Waals surface area contributed by atoms with E-state index >= 15 is 0 Å². The molecule has 4 nitrogen and oxygen atoms in total. The minimum Gasteiger partial charge on any atom is -0.507 e. The maximum absolute atomic E-state index is 10.8. The summed E-state index contributed by atoms with van der Waals surface area (Å²) in [4.78, 5) is 4.54. The summed E-state index contributed by atoms with van der Waals surface area (Å²) in [7, 11) is 0. The van der Waals surface area contributed by atoms with E-state index in [2.05, 4.69) is 46.5 Å². The van der Waals surface area contributed by atoms with Crippen molar-refractivity contribution in [3.05, 3.63) is 34.7 Å². The fourth-order valence-corrected chi connectivity index (χ4v) is 2.79. The van der Waals surface area contributed by atoms with Crippen LogP contribution in [0, 0.1) is 6.92 Å². The van der Waals surface area contributed by atoms with Crippen LogP contribution in [0.5, 0.6) is 5.75 Å². The Kier molecular flexibility index (Phi) is 4.82. The molecule has 0 saturated heterocycles. The zero-order valence-corrected chi connectivity index (χ0v) is 15.8. The molecule has 132 valence electrons. The monoisotopic (exact) mass is 331 g/mol. The number of oxazole rings is 1. The number of phenolic OH excluding ortho intramolecular Hbond substituents is 1. The van der Waals surface area contributed by atoms with Gasteiger partial charge in [-0.2, -0.15) is 0 Å². The van der Waals surface area contributed by atoms with E-state index in [-0.39, 0.29) is 17.4 Å². The lowest BCUT2D eigenvalue weighted by Crippen LogP contribution is -2.17. The highest BCUT2D eigenvalue weighted by Crippen LogP contribution is 2.42. The van der Waals surface area contributed by atoms with Crippen LogP contribution in [0.4, 0.5) is 0 Å². The summed E-state index contributed by atoms with van der Waals surface area (Å²) in [5.41, 5.74) is 2.99. The van der Waals surface area contributed by atoms with E-state index in [1.54, 1.807) is 0 Å². The Morgan fingerprint density at radius 2 is 1.50 bits per heavy atom. The van der Waals surface area contributed by atoms with E-state index in [1.807, 2.05) is 19.1 Å². The molecule has 24 heavy (non-hydrogen) atoms. The predicted octanol–water partition coefficient (Wildman–Crippen LogP) is 4.49. The topological polar surface area (TPSA) is 66.5 Å². The van der Waals surface area contributed by atoms with Crippen LogP contribution in [-0.2, 0) is 17.3 Å². The Balaban J connectivity index is 2.69. The van der Waals surface area contributed by atoms with E-state index in [9.17, 15) is 5.11 Å². The number of hydrogen-bond acceptors (Lipinski definition) is 4. The van der Waals surface area contributed by atoms with Gasteiger partial charge in [0, 0.05) is 29.7 Å². The summed E-state index contributed by atoms with van der Waals surface area (Å²) in [5, 5.41) is 19.9. The molecule has 0 spiro atoms. The van der Waals surface area contributed by atoms with Crippen LogP contribution in [0.25, 0.3) is 11.5 Å². The maximum Gasteiger partial charge on any atom is 0.226 e. The molecule has 2 N–H and O–H groups in total. The molecule has 0 amide bonds. The Bertz CT molecular complexity index is 695. The van der Waals surface area contributed by atoms with Gasteiger partial charge in [-0.25, -0.2) is 4.98 Å². The van der Waals surface area contributed by atoms with Gasteiger partial charge in [0.05, 0.1) is 5.69 Å². The zero-order chi connectivity index (χ0) is 18.3. The third kappa shape index (κ3) is 3.64. The van der Waals surface area contributed by atoms with Gasteiger partial charge in [-0.3, -0.25) is 0 Å². The van der Waals surface area contributed by atoms with Gasteiger partial charge in [0.2, 0.25) is 5.89 Å². The van der Waals surface area contributed by atoms with Crippen molar-refractivity contribution < 1.29 is 14.6 Å². The molecule has 2 rings (SSSR count). The highest BCUT2D eigenvalue weighted by Gasteiger charge is 2.27. The number of rotatable bonds is 3. The van der Waals surface area contributed by atoms with Crippen molar-refractivity contribution in [2.24, 2.45) is 0 Å². The van der Waals surface area contributed by atoms with Gasteiger partial charge in [0.25, 0.3) is 0 Å². The molecular formula is C20H29NO3. The summed E-state index contributed by atoms with van der Waals surface area (Å²) in [6.45, 7) is 14.4. The molecule has 0 fully saturated rings. The molecule has 0 bridgehead atoms. The van der Waals surface area contributed by atoms with Crippen LogP contribution < -0.4 is 0 Å². The smallest absolute Gasteiger partial charge is 0.226 e. The van der Waals surface area contributed by atoms with Crippen LogP contribution in [0.15, 0.2) is 16.5 Å². The lowest BCUT2D eigenvalue weighted by atomic mass is 9.78. The van der Waals surface area contributed by atoms with Crippen LogP contribution in [0.3, 0.4) is 0 Å². The van der Waals surface area contributed by atoms with E-state index in [1.165, 1.54) is 0 Å². The fraction of sp³-hybridized carbons (Fsp3) is 0.550. The van der Waals surface area contributed by atoms with Gasteiger partial charge in [-0.1, -0.05) is 41.5 Å². The maximum atomic E-state index is 10.8. The third-order valence-corrected chi connectivity index (χ3v) is 4.21. The number of phenols is 1. The normalized spacial score (nSPS) is 12.7. The minimum atomic E-state index is -0.199. The summed E-state index contributed by atoms with van der Waals surface area (Å²) in [6, 6.07) is 3.91. The molecule has 0 atom stereocenters. The molecule has 1 aromatic carbocycles. The van der Waals surface area contributed by atoms with Crippen LogP contribution >= 0.6 is 0 Å². The molecule has 0 radical (unpaired) electrons. The number of aliphatic hydroxyl groups is 1. The quantitative estimate of drug-likeness (QED) is 0.870. The van der Waals surface area contributed by atoms with Crippen molar-refractivity contribution in [1.29, 1.82) is 0 Å². The summed E-state index contributed by atoms with van der Waals surface area (Å²) >= 11 is 0.